The summed E-state index contributed by atoms with van der Waals surface area (Å²) in [7, 11) is 0. The van der Waals surface area contributed by atoms with Crippen molar-refractivity contribution in [3.63, 3.8) is 0 Å². The lowest BCUT2D eigenvalue weighted by Crippen LogP contribution is -2.39. The Morgan fingerprint density at radius 2 is 1.55 bits per heavy atom. The molecule has 0 fully saturated rings. The van der Waals surface area contributed by atoms with Gasteiger partial charge in [-0.15, -0.1) is 0 Å². The molecule has 0 saturated carbocycles. The minimum atomic E-state index is -0.0228. The molecule has 0 heterocycles. The second-order valence-corrected chi connectivity index (χ2v) is 5.79. The lowest BCUT2D eigenvalue weighted by Gasteiger charge is -2.13. The molecule has 0 aliphatic rings. The molecule has 0 aromatic heterocycles. The van der Waals surface area contributed by atoms with Gasteiger partial charge in [0.15, 0.2) is 0 Å². The normalized spacial score (nSPS) is 11.4. The molecule has 0 aliphatic carbocycles. The zero-order chi connectivity index (χ0) is 16.8. The van der Waals surface area contributed by atoms with E-state index in [9.17, 15) is 4.79 Å². The van der Waals surface area contributed by atoms with E-state index in [1.807, 2.05) is 19.9 Å². The first-order valence-electron chi connectivity index (χ1n) is 9.00. The van der Waals surface area contributed by atoms with Gasteiger partial charge < -0.3 is 0 Å². The fraction of sp³-hybridized carbons (Fsp3) is 0.737. The van der Waals surface area contributed by atoms with Gasteiger partial charge in [0.2, 0.25) is 0 Å². The van der Waals surface area contributed by atoms with Gasteiger partial charge in [-0.3, -0.25) is 10.2 Å². The molecule has 0 saturated heterocycles. The quantitative estimate of drug-likeness (QED) is 0.229. The number of amides is 1. The van der Waals surface area contributed by atoms with Crippen LogP contribution in [0.25, 0.3) is 0 Å². The smallest absolute Gasteiger partial charge is 0.265 e. The number of carbonyl (C=O) groups is 1. The number of hydrogen-bond donors (Lipinski definition) is 2. The van der Waals surface area contributed by atoms with E-state index in [1.165, 1.54) is 37.7 Å². The van der Waals surface area contributed by atoms with Crippen LogP contribution in [0, 0.1) is 0 Å². The molecule has 0 unspecified atom stereocenters. The van der Waals surface area contributed by atoms with Crippen LogP contribution in [0.4, 0.5) is 0 Å². The Balaban J connectivity index is 4.12. The van der Waals surface area contributed by atoms with Crippen LogP contribution in [0.3, 0.4) is 0 Å². The van der Waals surface area contributed by atoms with E-state index >= 15 is 0 Å². The van der Waals surface area contributed by atoms with E-state index in [0.717, 1.165) is 37.0 Å². The maximum absolute atomic E-state index is 12.3. The summed E-state index contributed by atoms with van der Waals surface area (Å²) in [6.45, 7) is 11.3. The van der Waals surface area contributed by atoms with Gasteiger partial charge in [0.25, 0.3) is 5.91 Å². The Kier molecular flexibility index (Phi) is 12.9. The van der Waals surface area contributed by atoms with Crippen LogP contribution in [0.5, 0.6) is 0 Å². The van der Waals surface area contributed by atoms with E-state index < -0.39 is 0 Å². The third-order valence-corrected chi connectivity index (χ3v) is 4.18. The Bertz CT molecular complexity index is 364. The fourth-order valence-corrected chi connectivity index (χ4v) is 2.69. The number of rotatable bonds is 12. The Morgan fingerprint density at radius 3 is 2.09 bits per heavy atom. The van der Waals surface area contributed by atoms with E-state index in [4.69, 9.17) is 0 Å². The van der Waals surface area contributed by atoms with Crippen LogP contribution in [0.2, 0.25) is 0 Å². The number of nitrogens with one attached hydrogen (secondary N) is 2. The van der Waals surface area contributed by atoms with Crippen LogP contribution in [-0.2, 0) is 4.79 Å². The summed E-state index contributed by atoms with van der Waals surface area (Å²) in [6.07, 6.45) is 11.5. The minimum Gasteiger partial charge on any atom is -0.287 e. The van der Waals surface area contributed by atoms with Crippen LogP contribution in [-0.4, -0.2) is 12.5 Å². The molecule has 22 heavy (non-hydrogen) atoms. The monoisotopic (exact) mass is 308 g/mol. The summed E-state index contributed by atoms with van der Waals surface area (Å²) in [6, 6.07) is 0. The van der Waals surface area contributed by atoms with Crippen molar-refractivity contribution in [2.45, 2.75) is 86.0 Å². The van der Waals surface area contributed by atoms with Gasteiger partial charge in [-0.2, -0.15) is 0 Å². The van der Waals surface area contributed by atoms with Crippen molar-refractivity contribution in [3.8, 4) is 0 Å². The third kappa shape index (κ3) is 8.38. The van der Waals surface area contributed by atoms with Gasteiger partial charge in [-0.05, 0) is 38.7 Å². The molecule has 0 rings (SSSR count). The van der Waals surface area contributed by atoms with Crippen molar-refractivity contribution in [2.75, 3.05) is 6.54 Å². The first-order valence-corrected chi connectivity index (χ1v) is 9.00. The van der Waals surface area contributed by atoms with Gasteiger partial charge in [0.05, 0.1) is 0 Å². The number of allylic oxidation sites excluding steroid dienone is 2. The van der Waals surface area contributed by atoms with Crippen molar-refractivity contribution in [2.24, 2.45) is 0 Å². The molecule has 0 aromatic rings. The Hall–Kier alpha value is -1.09. The largest absolute Gasteiger partial charge is 0.287 e. The number of carbonyl (C=O) groups excluding carboxylic acids is 1. The van der Waals surface area contributed by atoms with Crippen LogP contribution < -0.4 is 10.9 Å². The Labute approximate surface area is 137 Å². The molecule has 0 radical (unpaired) electrons. The van der Waals surface area contributed by atoms with Gasteiger partial charge in [-0.1, -0.05) is 64.5 Å². The van der Waals surface area contributed by atoms with Crippen molar-refractivity contribution >= 4 is 5.91 Å². The highest BCUT2D eigenvalue weighted by Crippen LogP contribution is 2.19. The van der Waals surface area contributed by atoms with Gasteiger partial charge in [0.1, 0.15) is 0 Å². The first-order chi connectivity index (χ1) is 10.6. The highest BCUT2D eigenvalue weighted by molar-refractivity contribution is 5.97. The zero-order valence-electron chi connectivity index (χ0n) is 15.3. The van der Waals surface area contributed by atoms with Crippen molar-refractivity contribution in [1.82, 2.24) is 10.9 Å². The van der Waals surface area contributed by atoms with Crippen molar-refractivity contribution in [1.29, 1.82) is 0 Å². The molecule has 1 amide bonds. The summed E-state index contributed by atoms with van der Waals surface area (Å²) in [5.41, 5.74) is 9.14. The predicted octanol–water partition coefficient (Wildman–Crippen LogP) is 5.05. The average molecular weight is 309 g/mol. The highest BCUT2D eigenvalue weighted by atomic mass is 16.2. The van der Waals surface area contributed by atoms with Gasteiger partial charge in [-0.25, -0.2) is 5.43 Å². The summed E-state index contributed by atoms with van der Waals surface area (Å²) in [5.74, 6) is -0.0228. The molecular formula is C19H36N2O. The molecule has 3 heteroatoms. The molecule has 0 bridgehead atoms. The van der Waals surface area contributed by atoms with Crippen molar-refractivity contribution < 1.29 is 4.79 Å². The van der Waals surface area contributed by atoms with E-state index in [1.54, 1.807) is 0 Å². The maximum Gasteiger partial charge on any atom is 0.265 e. The summed E-state index contributed by atoms with van der Waals surface area (Å²) >= 11 is 0. The molecular weight excluding hydrogens is 272 g/mol. The Morgan fingerprint density at radius 1 is 0.955 bits per heavy atom. The van der Waals surface area contributed by atoms with E-state index in [2.05, 4.69) is 31.6 Å². The van der Waals surface area contributed by atoms with E-state index in [0.29, 0.717) is 0 Å². The topological polar surface area (TPSA) is 41.1 Å². The summed E-state index contributed by atoms with van der Waals surface area (Å²) in [4.78, 5) is 12.3. The minimum absolute atomic E-state index is 0.0228. The lowest BCUT2D eigenvalue weighted by molar-refractivity contribution is -0.118. The first kappa shape index (κ1) is 20.9. The molecule has 0 aromatic carbocycles. The van der Waals surface area contributed by atoms with Crippen LogP contribution in [0.1, 0.15) is 86.0 Å². The second kappa shape index (κ2) is 13.6. The maximum atomic E-state index is 12.3. The van der Waals surface area contributed by atoms with E-state index in [-0.39, 0.29) is 5.91 Å². The number of hydrogen-bond acceptors (Lipinski definition) is 2. The van der Waals surface area contributed by atoms with Gasteiger partial charge >= 0.3 is 0 Å². The third-order valence-electron chi connectivity index (χ3n) is 4.18. The second-order valence-electron chi connectivity index (χ2n) is 5.79. The van der Waals surface area contributed by atoms with Crippen LogP contribution in [0.15, 0.2) is 22.8 Å². The summed E-state index contributed by atoms with van der Waals surface area (Å²) in [5, 5.41) is 0. The molecule has 3 nitrogen and oxygen atoms in total. The van der Waals surface area contributed by atoms with Gasteiger partial charge in [0, 0.05) is 12.1 Å². The summed E-state index contributed by atoms with van der Waals surface area (Å²) < 4.78 is 0. The van der Waals surface area contributed by atoms with Crippen LogP contribution >= 0.6 is 0 Å². The average Bonchev–Trinajstić information content (AvgIpc) is 2.52. The molecule has 0 aliphatic heterocycles. The zero-order valence-corrected chi connectivity index (χ0v) is 15.3. The number of unbranched alkanes of at least 4 members (excludes halogenated alkanes) is 5. The highest BCUT2D eigenvalue weighted by Gasteiger charge is 2.12. The molecule has 0 spiro atoms. The molecule has 2 N–H and O–H groups in total. The SMILES string of the molecule is C/C=C(/C(=O)NNCCCCCCCC)C(C)=C(CC)CC. The lowest BCUT2D eigenvalue weighted by atomic mass is 9.97. The molecule has 0 atom stereocenters. The predicted molar refractivity (Wildman–Crippen MR) is 96.6 cm³/mol. The fourth-order valence-electron chi connectivity index (χ4n) is 2.69. The number of hydrazine groups is 1. The van der Waals surface area contributed by atoms with Crippen molar-refractivity contribution in [3.05, 3.63) is 22.8 Å². The standard InChI is InChI=1S/C19H36N2O/c1-6-10-11-12-13-14-15-20-21-19(22)18(9-4)16(5)17(7-2)8-3/h9,20H,6-8,10-15H2,1-5H3,(H,21,22)/b18-9+. The molecule has 128 valence electrons.